The zero-order chi connectivity index (χ0) is 11.7. The van der Waals surface area contributed by atoms with Gasteiger partial charge in [0.05, 0.1) is 0 Å². The van der Waals surface area contributed by atoms with E-state index in [0.717, 1.165) is 11.5 Å². The monoisotopic (exact) mass is 218 g/mol. The topological polar surface area (TPSA) is 20.2 Å². The quantitative estimate of drug-likeness (QED) is 0.745. The summed E-state index contributed by atoms with van der Waals surface area (Å²) in [5.41, 5.74) is 3.85. The third kappa shape index (κ3) is 1.95. The first-order chi connectivity index (χ1) is 7.61. The number of benzene rings is 1. The molecule has 1 heteroatoms. The van der Waals surface area contributed by atoms with Crippen LogP contribution in [-0.2, 0) is 0 Å². The molecule has 1 N–H and O–H groups in total. The fraction of sp³-hybridized carbons (Fsp3) is 0.600. The van der Waals surface area contributed by atoms with Crippen molar-refractivity contribution in [3.8, 4) is 5.75 Å². The molecule has 0 bridgehead atoms. The Morgan fingerprint density at radius 2 is 1.81 bits per heavy atom. The molecule has 0 spiro atoms. The van der Waals surface area contributed by atoms with Crippen LogP contribution in [0.25, 0.3) is 0 Å². The second-order valence-corrected chi connectivity index (χ2v) is 5.31. The van der Waals surface area contributed by atoms with Gasteiger partial charge in [0.15, 0.2) is 0 Å². The molecule has 1 aliphatic rings. The third-order valence-electron chi connectivity index (χ3n) is 4.19. The van der Waals surface area contributed by atoms with E-state index in [0.29, 0.717) is 11.7 Å². The van der Waals surface area contributed by atoms with Gasteiger partial charge in [0.25, 0.3) is 0 Å². The Kier molecular flexibility index (Phi) is 3.22. The van der Waals surface area contributed by atoms with Crippen LogP contribution < -0.4 is 0 Å². The summed E-state index contributed by atoms with van der Waals surface area (Å²) >= 11 is 0. The molecule has 2 atom stereocenters. The van der Waals surface area contributed by atoms with Crippen LogP contribution in [0.3, 0.4) is 0 Å². The second kappa shape index (κ2) is 4.48. The normalized spacial score (nSPS) is 25.7. The molecule has 0 saturated heterocycles. The zero-order valence-corrected chi connectivity index (χ0v) is 10.6. The summed E-state index contributed by atoms with van der Waals surface area (Å²) in [4.78, 5) is 0. The third-order valence-corrected chi connectivity index (χ3v) is 4.19. The summed E-state index contributed by atoms with van der Waals surface area (Å²) in [5, 5.41) is 9.84. The van der Waals surface area contributed by atoms with Gasteiger partial charge in [0.2, 0.25) is 0 Å². The highest BCUT2D eigenvalue weighted by atomic mass is 16.3. The van der Waals surface area contributed by atoms with Gasteiger partial charge in [0, 0.05) is 0 Å². The van der Waals surface area contributed by atoms with E-state index in [2.05, 4.69) is 26.8 Å². The summed E-state index contributed by atoms with van der Waals surface area (Å²) in [5.74, 6) is 1.87. The van der Waals surface area contributed by atoms with Crippen LogP contribution in [0.1, 0.15) is 55.2 Å². The Hall–Kier alpha value is -0.980. The predicted octanol–water partition coefficient (Wildman–Crippen LogP) is 4.30. The molecule has 1 saturated carbocycles. The molecule has 1 aromatic rings. The Morgan fingerprint density at radius 3 is 2.50 bits per heavy atom. The highest BCUT2D eigenvalue weighted by Crippen LogP contribution is 2.41. The predicted molar refractivity (Wildman–Crippen MR) is 68.0 cm³/mol. The van der Waals surface area contributed by atoms with Crippen molar-refractivity contribution in [2.75, 3.05) is 0 Å². The minimum Gasteiger partial charge on any atom is -0.508 e. The molecular formula is C15H22O. The van der Waals surface area contributed by atoms with Crippen molar-refractivity contribution in [3.05, 3.63) is 28.8 Å². The SMILES string of the molecule is Cc1ccc(O)c(C)c1C1CCCCC1C. The van der Waals surface area contributed by atoms with Crippen LogP contribution >= 0.6 is 0 Å². The summed E-state index contributed by atoms with van der Waals surface area (Å²) in [6.07, 6.45) is 5.32. The van der Waals surface area contributed by atoms with Crippen LogP contribution in [-0.4, -0.2) is 5.11 Å². The maximum atomic E-state index is 9.84. The Labute approximate surface area is 98.5 Å². The van der Waals surface area contributed by atoms with E-state index >= 15 is 0 Å². The van der Waals surface area contributed by atoms with Crippen molar-refractivity contribution in [1.29, 1.82) is 0 Å². The minimum absolute atomic E-state index is 0.457. The van der Waals surface area contributed by atoms with Crippen LogP contribution in [0.2, 0.25) is 0 Å². The van der Waals surface area contributed by atoms with Gasteiger partial charge < -0.3 is 5.11 Å². The van der Waals surface area contributed by atoms with Crippen LogP contribution in [0.5, 0.6) is 5.75 Å². The van der Waals surface area contributed by atoms with Crippen LogP contribution in [0, 0.1) is 19.8 Å². The van der Waals surface area contributed by atoms with E-state index in [9.17, 15) is 5.11 Å². The summed E-state index contributed by atoms with van der Waals surface area (Å²) < 4.78 is 0. The van der Waals surface area contributed by atoms with Gasteiger partial charge in [-0.05, 0) is 54.9 Å². The molecular weight excluding hydrogens is 196 g/mol. The molecule has 1 aliphatic carbocycles. The first kappa shape index (κ1) is 11.5. The smallest absolute Gasteiger partial charge is 0.118 e. The highest BCUT2D eigenvalue weighted by molar-refractivity contribution is 5.45. The summed E-state index contributed by atoms with van der Waals surface area (Å²) in [6, 6.07) is 3.88. The van der Waals surface area contributed by atoms with E-state index in [-0.39, 0.29) is 0 Å². The van der Waals surface area contributed by atoms with Gasteiger partial charge in [-0.2, -0.15) is 0 Å². The van der Waals surface area contributed by atoms with E-state index in [1.54, 1.807) is 0 Å². The van der Waals surface area contributed by atoms with Gasteiger partial charge in [0.1, 0.15) is 5.75 Å². The van der Waals surface area contributed by atoms with Crippen molar-refractivity contribution >= 4 is 0 Å². The molecule has 0 heterocycles. The van der Waals surface area contributed by atoms with Gasteiger partial charge in [-0.25, -0.2) is 0 Å². The van der Waals surface area contributed by atoms with Crippen LogP contribution in [0.15, 0.2) is 12.1 Å². The molecule has 0 aromatic heterocycles. The van der Waals surface area contributed by atoms with Crippen molar-refractivity contribution in [3.63, 3.8) is 0 Å². The molecule has 2 unspecified atom stereocenters. The summed E-state index contributed by atoms with van der Waals surface area (Å²) in [6.45, 7) is 6.58. The molecule has 16 heavy (non-hydrogen) atoms. The summed E-state index contributed by atoms with van der Waals surface area (Å²) in [7, 11) is 0. The van der Waals surface area contributed by atoms with Gasteiger partial charge in [-0.15, -0.1) is 0 Å². The van der Waals surface area contributed by atoms with Crippen molar-refractivity contribution in [1.82, 2.24) is 0 Å². The number of rotatable bonds is 1. The molecule has 0 amide bonds. The average Bonchev–Trinajstić information content (AvgIpc) is 2.27. The first-order valence-corrected chi connectivity index (χ1v) is 6.40. The first-order valence-electron chi connectivity index (χ1n) is 6.40. The van der Waals surface area contributed by atoms with Gasteiger partial charge >= 0.3 is 0 Å². The Morgan fingerprint density at radius 1 is 1.12 bits per heavy atom. The second-order valence-electron chi connectivity index (χ2n) is 5.31. The van der Waals surface area contributed by atoms with E-state index in [4.69, 9.17) is 0 Å². The number of aromatic hydroxyl groups is 1. The van der Waals surface area contributed by atoms with Crippen molar-refractivity contribution in [2.24, 2.45) is 5.92 Å². The van der Waals surface area contributed by atoms with Crippen molar-refractivity contribution < 1.29 is 5.11 Å². The molecule has 0 radical (unpaired) electrons. The molecule has 88 valence electrons. The lowest BCUT2D eigenvalue weighted by molar-refractivity contribution is 0.327. The minimum atomic E-state index is 0.457. The number of hydrogen-bond donors (Lipinski definition) is 1. The molecule has 1 fully saturated rings. The number of hydrogen-bond acceptors (Lipinski definition) is 1. The number of aryl methyl sites for hydroxylation is 1. The largest absolute Gasteiger partial charge is 0.508 e. The fourth-order valence-corrected chi connectivity index (χ4v) is 3.17. The van der Waals surface area contributed by atoms with Gasteiger partial charge in [-0.3, -0.25) is 0 Å². The maximum Gasteiger partial charge on any atom is 0.118 e. The van der Waals surface area contributed by atoms with Gasteiger partial charge in [-0.1, -0.05) is 32.3 Å². The molecule has 1 nitrogen and oxygen atoms in total. The highest BCUT2D eigenvalue weighted by Gasteiger charge is 2.26. The Balaban J connectivity index is 2.42. The standard InChI is InChI=1S/C15H22O/c1-10-6-4-5-7-13(10)15-11(2)8-9-14(16)12(15)3/h8-10,13,16H,4-7H2,1-3H3. The lowest BCUT2D eigenvalue weighted by Crippen LogP contribution is -2.16. The average molecular weight is 218 g/mol. The zero-order valence-electron chi connectivity index (χ0n) is 10.6. The lowest BCUT2D eigenvalue weighted by atomic mass is 9.74. The van der Waals surface area contributed by atoms with E-state index < -0.39 is 0 Å². The number of phenols is 1. The fourth-order valence-electron chi connectivity index (χ4n) is 3.17. The van der Waals surface area contributed by atoms with Crippen molar-refractivity contribution in [2.45, 2.75) is 52.4 Å². The lowest BCUT2D eigenvalue weighted by Gasteiger charge is -2.31. The molecule has 2 rings (SSSR count). The molecule has 1 aromatic carbocycles. The van der Waals surface area contributed by atoms with E-state index in [1.807, 2.05) is 6.07 Å². The van der Waals surface area contributed by atoms with Crippen LogP contribution in [0.4, 0.5) is 0 Å². The molecule has 0 aliphatic heterocycles. The Bertz CT molecular complexity index is 381. The maximum absolute atomic E-state index is 9.84. The van der Waals surface area contributed by atoms with E-state index in [1.165, 1.54) is 36.8 Å². The number of phenolic OH excluding ortho intramolecular Hbond substituents is 1.